The first kappa shape index (κ1) is 78.8. The van der Waals surface area contributed by atoms with Crippen molar-refractivity contribution >= 4 is 17.9 Å². The van der Waals surface area contributed by atoms with Gasteiger partial charge in [0.05, 0.1) is 0 Å². The van der Waals surface area contributed by atoms with Crippen LogP contribution in [0.5, 0.6) is 0 Å². The van der Waals surface area contributed by atoms with E-state index in [1.807, 2.05) is 0 Å². The van der Waals surface area contributed by atoms with E-state index in [1.165, 1.54) is 244 Å². The Balaban J connectivity index is 4.26. The number of carbonyl (C=O) groups excluding carboxylic acids is 3. The van der Waals surface area contributed by atoms with Crippen LogP contribution in [0.3, 0.4) is 0 Å². The molecule has 0 saturated carbocycles. The molecule has 0 amide bonds. The second-order valence-corrected chi connectivity index (χ2v) is 24.1. The zero-order valence-electron chi connectivity index (χ0n) is 54.8. The van der Waals surface area contributed by atoms with Gasteiger partial charge in [-0.1, -0.05) is 318 Å². The summed E-state index contributed by atoms with van der Waals surface area (Å²) in [6.45, 7) is 6.56. The van der Waals surface area contributed by atoms with Crippen molar-refractivity contribution < 1.29 is 28.6 Å². The van der Waals surface area contributed by atoms with Crippen LogP contribution >= 0.6 is 0 Å². The van der Waals surface area contributed by atoms with Crippen LogP contribution in [0.4, 0.5) is 0 Å². The first-order valence-corrected chi connectivity index (χ1v) is 35.9. The van der Waals surface area contributed by atoms with Crippen LogP contribution in [0.25, 0.3) is 0 Å². The standard InChI is InChI=1S/C76H136O6/c1-4-7-10-13-16-19-22-25-28-31-33-34-35-36-37-38-39-40-41-42-43-46-48-51-54-57-60-63-66-69-75(78)81-72-73(71-80-74(77)68-65-62-59-56-53-50-47-44-30-27-24-21-18-15-12-9-6-3)82-76(79)70-67-64-61-58-55-52-49-45-32-29-26-23-20-17-14-11-8-5-2/h9,12,18,21-22,25,27,29-33,73H,4-8,10-11,13-17,19-20,23-24,26,28,34-72H2,1-3H3/b12-9-,21-18-,25-22-,30-27-,32-29-,33-31-. The fraction of sp³-hybridized carbons (Fsp3) is 0.803. The third kappa shape index (κ3) is 67.6. The quantitative estimate of drug-likeness (QED) is 0.0261. The van der Waals surface area contributed by atoms with E-state index in [9.17, 15) is 14.4 Å². The number of rotatable bonds is 66. The summed E-state index contributed by atoms with van der Waals surface area (Å²) < 4.78 is 17.0. The van der Waals surface area contributed by atoms with Crippen LogP contribution < -0.4 is 0 Å². The van der Waals surface area contributed by atoms with Crippen molar-refractivity contribution in [1.82, 2.24) is 0 Å². The van der Waals surface area contributed by atoms with Gasteiger partial charge in [0.25, 0.3) is 0 Å². The SMILES string of the molecule is CC/C=C\C/C=C\C/C=C\CCCCCCCCCC(=O)OCC(COC(=O)CCCCCCCCCCCCCCCCCCC/C=C\C/C=C\CCCCCCC)OC(=O)CCCCCCCCC/C=C\CCCCCCCCC. The third-order valence-corrected chi connectivity index (χ3v) is 15.9. The Bertz CT molecular complexity index is 1500. The molecule has 0 N–H and O–H groups in total. The summed E-state index contributed by atoms with van der Waals surface area (Å²) in [5.74, 6) is -0.870. The van der Waals surface area contributed by atoms with E-state index in [-0.39, 0.29) is 31.1 Å². The van der Waals surface area contributed by atoms with Crippen molar-refractivity contribution in [2.24, 2.45) is 0 Å². The van der Waals surface area contributed by atoms with Gasteiger partial charge in [-0.25, -0.2) is 0 Å². The second kappa shape index (κ2) is 70.3. The normalized spacial score (nSPS) is 12.5. The summed E-state index contributed by atoms with van der Waals surface area (Å²) >= 11 is 0. The van der Waals surface area contributed by atoms with E-state index in [2.05, 4.69) is 93.7 Å². The summed E-state index contributed by atoms with van der Waals surface area (Å²) in [5.41, 5.74) is 0. The average Bonchev–Trinajstić information content (AvgIpc) is 3.47. The molecular formula is C76H136O6. The zero-order chi connectivity index (χ0) is 59.2. The van der Waals surface area contributed by atoms with Gasteiger partial charge in [0, 0.05) is 19.3 Å². The van der Waals surface area contributed by atoms with E-state index in [1.54, 1.807) is 0 Å². The Labute approximate surface area is 510 Å². The van der Waals surface area contributed by atoms with Crippen molar-refractivity contribution in [3.05, 3.63) is 72.9 Å². The number of hydrogen-bond donors (Lipinski definition) is 0. The van der Waals surface area contributed by atoms with Crippen LogP contribution in [0.2, 0.25) is 0 Å². The predicted molar refractivity (Wildman–Crippen MR) is 358 cm³/mol. The van der Waals surface area contributed by atoms with Crippen molar-refractivity contribution in [3.8, 4) is 0 Å². The predicted octanol–water partition coefficient (Wildman–Crippen LogP) is 24.8. The molecule has 0 fully saturated rings. The van der Waals surface area contributed by atoms with Crippen LogP contribution in [0.15, 0.2) is 72.9 Å². The molecule has 1 atom stereocenters. The van der Waals surface area contributed by atoms with Gasteiger partial charge in [0.15, 0.2) is 6.10 Å². The number of esters is 3. The summed E-state index contributed by atoms with van der Waals surface area (Å²) in [6, 6.07) is 0. The largest absolute Gasteiger partial charge is 0.462 e. The Kier molecular flexibility index (Phi) is 67.6. The molecule has 1 unspecified atom stereocenters. The molecular weight excluding hydrogens is 1010 g/mol. The van der Waals surface area contributed by atoms with Gasteiger partial charge in [-0.3, -0.25) is 14.4 Å². The van der Waals surface area contributed by atoms with Crippen molar-refractivity contribution in [3.63, 3.8) is 0 Å². The van der Waals surface area contributed by atoms with Gasteiger partial charge >= 0.3 is 17.9 Å². The van der Waals surface area contributed by atoms with Crippen molar-refractivity contribution in [2.75, 3.05) is 13.2 Å². The number of ether oxygens (including phenoxy) is 3. The molecule has 6 heteroatoms. The highest BCUT2D eigenvalue weighted by atomic mass is 16.6. The molecule has 0 radical (unpaired) electrons. The highest BCUT2D eigenvalue weighted by Gasteiger charge is 2.19. The molecule has 0 heterocycles. The molecule has 0 aromatic carbocycles. The number of unbranched alkanes of at least 4 members (excludes halogenated alkanes) is 43. The van der Waals surface area contributed by atoms with E-state index < -0.39 is 6.10 Å². The molecule has 0 aliphatic carbocycles. The van der Waals surface area contributed by atoms with Gasteiger partial charge in [-0.05, 0) is 109 Å². The lowest BCUT2D eigenvalue weighted by Crippen LogP contribution is -2.30. The molecule has 0 aliphatic heterocycles. The Morgan fingerprint density at radius 1 is 0.256 bits per heavy atom. The van der Waals surface area contributed by atoms with Crippen molar-refractivity contribution in [2.45, 2.75) is 380 Å². The lowest BCUT2D eigenvalue weighted by atomic mass is 10.0. The molecule has 0 saturated heterocycles. The van der Waals surface area contributed by atoms with Crippen LogP contribution in [0.1, 0.15) is 374 Å². The van der Waals surface area contributed by atoms with E-state index in [0.717, 1.165) is 89.9 Å². The molecule has 0 rings (SSSR count). The molecule has 82 heavy (non-hydrogen) atoms. The highest BCUT2D eigenvalue weighted by molar-refractivity contribution is 5.71. The molecule has 476 valence electrons. The smallest absolute Gasteiger partial charge is 0.306 e. The molecule has 0 aromatic rings. The van der Waals surface area contributed by atoms with Gasteiger partial charge in [-0.15, -0.1) is 0 Å². The number of carbonyl (C=O) groups is 3. The lowest BCUT2D eigenvalue weighted by Gasteiger charge is -2.18. The van der Waals surface area contributed by atoms with Gasteiger partial charge in [-0.2, -0.15) is 0 Å². The Hall–Kier alpha value is -3.15. The maximum atomic E-state index is 13.0. The summed E-state index contributed by atoms with van der Waals surface area (Å²) in [4.78, 5) is 38.5. The highest BCUT2D eigenvalue weighted by Crippen LogP contribution is 2.18. The van der Waals surface area contributed by atoms with Crippen molar-refractivity contribution in [1.29, 1.82) is 0 Å². The third-order valence-electron chi connectivity index (χ3n) is 15.9. The first-order valence-electron chi connectivity index (χ1n) is 35.9. The fourth-order valence-electron chi connectivity index (χ4n) is 10.5. The summed E-state index contributed by atoms with van der Waals surface area (Å²) in [5, 5.41) is 0. The maximum Gasteiger partial charge on any atom is 0.306 e. The minimum Gasteiger partial charge on any atom is -0.462 e. The van der Waals surface area contributed by atoms with E-state index in [0.29, 0.717) is 19.3 Å². The average molecular weight is 1150 g/mol. The number of hydrogen-bond acceptors (Lipinski definition) is 6. The van der Waals surface area contributed by atoms with E-state index in [4.69, 9.17) is 14.2 Å². The molecule has 0 bridgehead atoms. The minimum atomic E-state index is -0.783. The van der Waals surface area contributed by atoms with Gasteiger partial charge in [0.2, 0.25) is 0 Å². The topological polar surface area (TPSA) is 78.9 Å². The number of allylic oxidation sites excluding steroid dienone is 12. The fourth-order valence-corrected chi connectivity index (χ4v) is 10.5. The zero-order valence-corrected chi connectivity index (χ0v) is 54.8. The monoisotopic (exact) mass is 1150 g/mol. The molecule has 0 aliphatic rings. The second-order valence-electron chi connectivity index (χ2n) is 24.1. The lowest BCUT2D eigenvalue weighted by molar-refractivity contribution is -0.167. The van der Waals surface area contributed by atoms with Gasteiger partial charge < -0.3 is 14.2 Å². The summed E-state index contributed by atoms with van der Waals surface area (Å²) in [6.07, 6.45) is 92.2. The van der Waals surface area contributed by atoms with Gasteiger partial charge in [0.1, 0.15) is 13.2 Å². The Morgan fingerprint density at radius 3 is 0.756 bits per heavy atom. The molecule has 0 aromatic heterocycles. The van der Waals surface area contributed by atoms with E-state index >= 15 is 0 Å². The molecule has 0 spiro atoms. The first-order chi connectivity index (χ1) is 40.5. The molecule has 6 nitrogen and oxygen atoms in total. The summed E-state index contributed by atoms with van der Waals surface area (Å²) in [7, 11) is 0. The maximum absolute atomic E-state index is 13.0. The minimum absolute atomic E-state index is 0.0771. The van der Waals surface area contributed by atoms with Crippen LogP contribution in [-0.4, -0.2) is 37.2 Å². The van der Waals surface area contributed by atoms with Crippen LogP contribution in [-0.2, 0) is 28.6 Å². The Morgan fingerprint density at radius 2 is 0.476 bits per heavy atom. The van der Waals surface area contributed by atoms with Crippen LogP contribution in [0, 0.1) is 0 Å².